The Labute approximate surface area is 169 Å². The van der Waals surface area contributed by atoms with Crippen LogP contribution in [0.3, 0.4) is 0 Å². The number of anilines is 1. The summed E-state index contributed by atoms with van der Waals surface area (Å²) < 4.78 is 34.3. The number of carbonyl (C=O) groups excluding carboxylic acids is 2. The molecule has 29 heavy (non-hydrogen) atoms. The Kier molecular flexibility index (Phi) is 6.59. The molecule has 0 spiro atoms. The molecular weight excluding hydrogens is 396 g/mol. The third-order valence-electron chi connectivity index (χ3n) is 5.28. The van der Waals surface area contributed by atoms with E-state index in [0.717, 1.165) is 18.2 Å². The Morgan fingerprint density at radius 2 is 1.97 bits per heavy atom. The molecule has 0 amide bonds. The van der Waals surface area contributed by atoms with Crippen molar-refractivity contribution in [3.8, 4) is 0 Å². The van der Waals surface area contributed by atoms with Crippen LogP contribution in [0.1, 0.15) is 38.5 Å². The summed E-state index contributed by atoms with van der Waals surface area (Å²) in [5.41, 5.74) is 1.10. The Hall–Kier alpha value is -2.39. The normalized spacial score (nSPS) is 19.8. The molecule has 0 radical (unpaired) electrons. The molecule has 1 aromatic heterocycles. The number of methoxy groups -OCH3 is 1. The van der Waals surface area contributed by atoms with E-state index >= 15 is 0 Å². The number of hydrogen-bond donors (Lipinski definition) is 2. The highest BCUT2D eigenvalue weighted by atomic mass is 32.2. The summed E-state index contributed by atoms with van der Waals surface area (Å²) in [5, 5.41) is 10.1. The number of ketones is 1. The smallest absolute Gasteiger partial charge is 0.305 e. The number of aliphatic hydroxyl groups is 1. The highest BCUT2D eigenvalue weighted by molar-refractivity contribution is 7.93. The number of fused-ring (bicyclic) bond motifs is 1. The lowest BCUT2D eigenvalue weighted by Crippen LogP contribution is -2.40. The molecule has 2 unspecified atom stereocenters. The van der Waals surface area contributed by atoms with Crippen LogP contribution in [0.2, 0.25) is 0 Å². The molecule has 2 atom stereocenters. The van der Waals surface area contributed by atoms with Gasteiger partial charge in [0.2, 0.25) is 10.0 Å². The number of nitrogens with one attached hydrogen (secondary N) is 1. The fourth-order valence-corrected chi connectivity index (χ4v) is 5.31. The summed E-state index contributed by atoms with van der Waals surface area (Å²) in [4.78, 5) is 23.4. The minimum atomic E-state index is -3.72. The van der Waals surface area contributed by atoms with E-state index in [1.54, 1.807) is 29.0 Å². The van der Waals surface area contributed by atoms with Gasteiger partial charge in [0.25, 0.3) is 0 Å². The summed E-state index contributed by atoms with van der Waals surface area (Å²) >= 11 is 0. The number of hydrogen-bond acceptors (Lipinski definition) is 6. The van der Waals surface area contributed by atoms with Gasteiger partial charge in [-0.15, -0.1) is 0 Å². The highest BCUT2D eigenvalue weighted by Gasteiger charge is 2.34. The summed E-state index contributed by atoms with van der Waals surface area (Å²) in [6.45, 7) is 0.0814. The quantitative estimate of drug-likeness (QED) is 0.631. The van der Waals surface area contributed by atoms with Crippen molar-refractivity contribution in [2.75, 3.05) is 11.8 Å². The van der Waals surface area contributed by atoms with Crippen molar-refractivity contribution >= 4 is 38.4 Å². The van der Waals surface area contributed by atoms with E-state index < -0.39 is 27.3 Å². The van der Waals surface area contributed by atoms with Crippen molar-refractivity contribution in [2.24, 2.45) is 0 Å². The molecule has 3 rings (SSSR count). The summed E-state index contributed by atoms with van der Waals surface area (Å²) in [5.74, 6) is -0.554. The van der Waals surface area contributed by atoms with Crippen molar-refractivity contribution in [3.63, 3.8) is 0 Å². The Morgan fingerprint density at radius 1 is 1.21 bits per heavy atom. The molecule has 8 nitrogen and oxygen atoms in total. The molecule has 1 aliphatic carbocycles. The largest absolute Gasteiger partial charge is 0.469 e. The average Bonchev–Trinajstić information content (AvgIpc) is 3.08. The monoisotopic (exact) mass is 422 g/mol. The number of nitrogens with zero attached hydrogens (tertiary/aromatic N) is 1. The number of Topliss-reactive ketones (excluding diaryl/α,β-unsaturated/α-hetero) is 1. The van der Waals surface area contributed by atoms with Gasteiger partial charge in [-0.1, -0.05) is 18.9 Å². The third kappa shape index (κ3) is 5.16. The van der Waals surface area contributed by atoms with Crippen molar-refractivity contribution in [1.82, 2.24) is 4.57 Å². The van der Waals surface area contributed by atoms with Crippen molar-refractivity contribution in [3.05, 3.63) is 30.5 Å². The zero-order chi connectivity index (χ0) is 21.0. The maximum atomic E-state index is 12.7. The van der Waals surface area contributed by atoms with E-state index in [9.17, 15) is 23.1 Å². The Morgan fingerprint density at radius 3 is 2.69 bits per heavy atom. The predicted molar refractivity (Wildman–Crippen MR) is 109 cm³/mol. The number of aliphatic hydroxyl groups excluding tert-OH is 1. The first-order valence-corrected chi connectivity index (χ1v) is 11.2. The van der Waals surface area contributed by atoms with E-state index in [1.165, 1.54) is 7.11 Å². The highest BCUT2D eigenvalue weighted by Crippen LogP contribution is 2.27. The molecule has 1 aliphatic rings. The first-order chi connectivity index (χ1) is 13.8. The van der Waals surface area contributed by atoms with E-state index in [-0.39, 0.29) is 25.2 Å². The second-order valence-electron chi connectivity index (χ2n) is 7.37. The lowest BCUT2D eigenvalue weighted by molar-refractivity contribution is -0.142. The fraction of sp³-hybridized carbons (Fsp3) is 0.500. The van der Waals surface area contributed by atoms with Gasteiger partial charge in [-0.3, -0.25) is 14.3 Å². The van der Waals surface area contributed by atoms with Gasteiger partial charge in [-0.2, -0.15) is 0 Å². The zero-order valence-corrected chi connectivity index (χ0v) is 17.2. The molecule has 0 aliphatic heterocycles. The first-order valence-electron chi connectivity index (χ1n) is 9.67. The number of carbonyl (C=O) groups is 2. The second-order valence-corrected chi connectivity index (χ2v) is 9.27. The van der Waals surface area contributed by atoms with E-state index in [4.69, 9.17) is 0 Å². The second kappa shape index (κ2) is 8.96. The molecule has 0 saturated heterocycles. The molecule has 1 heterocycles. The predicted octanol–water partition coefficient (Wildman–Crippen LogP) is 2.21. The summed E-state index contributed by atoms with van der Waals surface area (Å²) in [6, 6.07) is 6.96. The van der Waals surface area contributed by atoms with Crippen molar-refractivity contribution < 1.29 is 27.9 Å². The number of rotatable bonds is 8. The standard InChI is InChI=1S/C20H26N2O6S/c1-28-20(25)9-8-16(23)13-22-11-10-14-6-7-15(12-17(14)22)21-29(26,27)19-5-3-2-4-18(19)24/h6-7,10-12,18-19,21,24H,2-5,8-9,13H2,1H3. The van der Waals surface area contributed by atoms with E-state index in [2.05, 4.69) is 9.46 Å². The Bertz CT molecular complexity index is 998. The molecule has 0 bridgehead atoms. The maximum absolute atomic E-state index is 12.7. The molecule has 158 valence electrons. The van der Waals surface area contributed by atoms with Crippen LogP contribution in [-0.4, -0.2) is 48.3 Å². The topological polar surface area (TPSA) is 115 Å². The fourth-order valence-electron chi connectivity index (χ4n) is 3.68. The van der Waals surface area contributed by atoms with Crippen molar-refractivity contribution in [2.45, 2.75) is 56.4 Å². The molecule has 1 fully saturated rings. The van der Waals surface area contributed by atoms with Crippen LogP contribution >= 0.6 is 0 Å². The lowest BCUT2D eigenvalue weighted by Gasteiger charge is -2.27. The van der Waals surface area contributed by atoms with Gasteiger partial charge in [0, 0.05) is 12.6 Å². The van der Waals surface area contributed by atoms with Gasteiger partial charge in [-0.05, 0) is 36.4 Å². The van der Waals surface area contributed by atoms with Crippen LogP contribution < -0.4 is 4.72 Å². The molecule has 1 saturated carbocycles. The van der Waals surface area contributed by atoms with Gasteiger partial charge in [0.05, 0.1) is 37.4 Å². The first kappa shape index (κ1) is 21.3. The molecule has 2 N–H and O–H groups in total. The molecule has 1 aromatic carbocycles. The molecular formula is C20H26N2O6S. The number of aromatic nitrogens is 1. The zero-order valence-electron chi connectivity index (χ0n) is 16.3. The SMILES string of the molecule is COC(=O)CCC(=O)Cn1ccc2ccc(NS(=O)(=O)C3CCCCC3O)cc21. The minimum Gasteiger partial charge on any atom is -0.469 e. The van der Waals surface area contributed by atoms with Gasteiger partial charge >= 0.3 is 5.97 Å². The third-order valence-corrected chi connectivity index (χ3v) is 7.15. The lowest BCUT2D eigenvalue weighted by atomic mass is 9.97. The molecule has 9 heteroatoms. The van der Waals surface area contributed by atoms with E-state index in [1.807, 2.05) is 6.07 Å². The van der Waals surface area contributed by atoms with Crippen LogP contribution in [0.25, 0.3) is 10.9 Å². The maximum Gasteiger partial charge on any atom is 0.305 e. The molecule has 2 aromatic rings. The van der Waals surface area contributed by atoms with Gasteiger partial charge < -0.3 is 14.4 Å². The average molecular weight is 423 g/mol. The van der Waals surface area contributed by atoms with Gasteiger partial charge in [0.15, 0.2) is 5.78 Å². The van der Waals surface area contributed by atoms with Crippen LogP contribution in [-0.2, 0) is 30.9 Å². The van der Waals surface area contributed by atoms with E-state index in [0.29, 0.717) is 24.0 Å². The number of esters is 1. The van der Waals surface area contributed by atoms with Gasteiger partial charge in [0.1, 0.15) is 5.25 Å². The summed E-state index contributed by atoms with van der Waals surface area (Å²) in [6.07, 6.45) is 3.53. The van der Waals surface area contributed by atoms with Crippen LogP contribution in [0.4, 0.5) is 5.69 Å². The number of ether oxygens (including phenoxy) is 1. The minimum absolute atomic E-state index is 0.0311. The van der Waals surface area contributed by atoms with Crippen LogP contribution in [0.15, 0.2) is 30.5 Å². The number of sulfonamides is 1. The van der Waals surface area contributed by atoms with Crippen molar-refractivity contribution in [1.29, 1.82) is 0 Å². The van der Waals surface area contributed by atoms with Crippen LogP contribution in [0.5, 0.6) is 0 Å². The van der Waals surface area contributed by atoms with Gasteiger partial charge in [-0.25, -0.2) is 8.42 Å². The number of benzene rings is 1. The Balaban J connectivity index is 1.75. The summed E-state index contributed by atoms with van der Waals surface area (Å²) in [7, 11) is -2.44. The van der Waals surface area contributed by atoms with Crippen LogP contribution in [0, 0.1) is 0 Å².